The van der Waals surface area contributed by atoms with E-state index in [1.807, 2.05) is 6.92 Å². The van der Waals surface area contributed by atoms with Gasteiger partial charge in [0.2, 0.25) is 5.95 Å². The fraction of sp³-hybridized carbons (Fsp3) is 0.250. The monoisotopic (exact) mass is 222 g/mol. The van der Waals surface area contributed by atoms with Crippen molar-refractivity contribution in [2.24, 2.45) is 4.99 Å². The molecule has 0 aliphatic rings. The molecule has 0 aliphatic heterocycles. The Morgan fingerprint density at radius 1 is 1.44 bits per heavy atom. The quantitative estimate of drug-likeness (QED) is 0.369. The predicted octanol–water partition coefficient (Wildman–Crippen LogP) is 3.29. The van der Waals surface area contributed by atoms with Gasteiger partial charge < -0.3 is 10.5 Å². The minimum absolute atomic E-state index is 0.256. The van der Waals surface area contributed by atoms with E-state index in [4.69, 9.17) is 10.5 Å². The molecule has 4 heteroatoms. The topological polar surface area (TPSA) is 47.6 Å². The lowest BCUT2D eigenvalue weighted by atomic mass is 10.3. The van der Waals surface area contributed by atoms with Gasteiger partial charge in [0.1, 0.15) is 5.75 Å². The van der Waals surface area contributed by atoms with Crippen molar-refractivity contribution < 1.29 is 9.13 Å². The summed E-state index contributed by atoms with van der Waals surface area (Å²) in [6.07, 6.45) is 1.99. The minimum Gasteiger partial charge on any atom is -0.443 e. The van der Waals surface area contributed by atoms with Crippen LogP contribution in [0.4, 0.5) is 10.1 Å². The van der Waals surface area contributed by atoms with Gasteiger partial charge in [-0.1, -0.05) is 6.92 Å². The lowest BCUT2D eigenvalue weighted by Gasteiger charge is -2.04. The standard InChI is InChI=1S/C12H15FN2O/c1-3-4-12(13)15-9(2)16-11-7-5-10(14)6-8-11/h4-8H,3,14H2,1-2H3/b12-4-,15-9+. The average Bonchev–Trinajstić information content (AvgIpc) is 2.21. The van der Waals surface area contributed by atoms with E-state index in [0.717, 1.165) is 0 Å². The molecule has 1 aromatic rings. The molecular weight excluding hydrogens is 207 g/mol. The summed E-state index contributed by atoms with van der Waals surface area (Å²) in [6, 6.07) is 6.83. The maximum Gasteiger partial charge on any atom is 0.211 e. The molecule has 0 bridgehead atoms. The zero-order valence-electron chi connectivity index (χ0n) is 9.40. The summed E-state index contributed by atoms with van der Waals surface area (Å²) in [5.74, 6) is 0.308. The Morgan fingerprint density at radius 2 is 2.06 bits per heavy atom. The summed E-state index contributed by atoms with van der Waals surface area (Å²) >= 11 is 0. The van der Waals surface area contributed by atoms with Crippen LogP contribution in [0, 0.1) is 0 Å². The predicted molar refractivity (Wildman–Crippen MR) is 64.1 cm³/mol. The normalized spacial score (nSPS) is 12.7. The third-order valence-electron chi connectivity index (χ3n) is 1.78. The number of allylic oxidation sites excluding steroid dienone is 1. The summed E-state index contributed by atoms with van der Waals surface area (Å²) in [5, 5.41) is 0. The van der Waals surface area contributed by atoms with Crippen molar-refractivity contribution in [1.29, 1.82) is 0 Å². The largest absolute Gasteiger partial charge is 0.443 e. The van der Waals surface area contributed by atoms with Crippen LogP contribution < -0.4 is 10.5 Å². The van der Waals surface area contributed by atoms with Crippen LogP contribution in [0.1, 0.15) is 20.3 Å². The van der Waals surface area contributed by atoms with Crippen molar-refractivity contribution in [2.75, 3.05) is 5.73 Å². The van der Waals surface area contributed by atoms with E-state index in [-0.39, 0.29) is 5.90 Å². The van der Waals surface area contributed by atoms with Crippen molar-refractivity contribution >= 4 is 11.6 Å². The Bertz CT molecular complexity index is 396. The molecule has 1 aromatic carbocycles. The third-order valence-corrected chi connectivity index (χ3v) is 1.78. The number of benzene rings is 1. The van der Waals surface area contributed by atoms with Gasteiger partial charge in [-0.2, -0.15) is 9.38 Å². The number of rotatable bonds is 3. The molecule has 0 aromatic heterocycles. The molecule has 0 radical (unpaired) electrons. The molecule has 86 valence electrons. The molecule has 0 aliphatic carbocycles. The van der Waals surface area contributed by atoms with Gasteiger partial charge in [-0.25, -0.2) is 0 Å². The molecule has 0 atom stereocenters. The Balaban J connectivity index is 2.67. The van der Waals surface area contributed by atoms with E-state index in [1.165, 1.54) is 6.08 Å². The summed E-state index contributed by atoms with van der Waals surface area (Å²) < 4.78 is 18.3. The first-order valence-corrected chi connectivity index (χ1v) is 5.06. The fourth-order valence-electron chi connectivity index (χ4n) is 1.09. The zero-order chi connectivity index (χ0) is 12.0. The average molecular weight is 222 g/mol. The van der Waals surface area contributed by atoms with Gasteiger partial charge in [-0.15, -0.1) is 0 Å². The second kappa shape index (κ2) is 5.90. The molecule has 0 spiro atoms. The van der Waals surface area contributed by atoms with Gasteiger partial charge in [0.05, 0.1) is 0 Å². The van der Waals surface area contributed by atoms with Gasteiger partial charge >= 0.3 is 0 Å². The number of aliphatic imine (C=N–C) groups is 1. The lowest BCUT2D eigenvalue weighted by Crippen LogP contribution is -2.03. The Morgan fingerprint density at radius 3 is 2.62 bits per heavy atom. The molecule has 0 amide bonds. The lowest BCUT2D eigenvalue weighted by molar-refractivity contribution is 0.533. The maximum absolute atomic E-state index is 13.0. The Hall–Kier alpha value is -1.84. The Labute approximate surface area is 94.4 Å². The van der Waals surface area contributed by atoms with E-state index >= 15 is 0 Å². The molecule has 2 N–H and O–H groups in total. The summed E-state index contributed by atoms with van der Waals surface area (Å²) in [5.41, 5.74) is 6.17. The summed E-state index contributed by atoms with van der Waals surface area (Å²) in [6.45, 7) is 3.44. The number of hydrogen-bond acceptors (Lipinski definition) is 3. The zero-order valence-corrected chi connectivity index (χ0v) is 9.40. The first kappa shape index (κ1) is 12.2. The van der Waals surface area contributed by atoms with Crippen LogP contribution in [0.3, 0.4) is 0 Å². The summed E-state index contributed by atoms with van der Waals surface area (Å²) in [7, 11) is 0. The van der Waals surface area contributed by atoms with Crippen LogP contribution in [-0.4, -0.2) is 5.90 Å². The molecule has 0 fully saturated rings. The number of halogens is 1. The number of anilines is 1. The summed E-state index contributed by atoms with van der Waals surface area (Å²) in [4.78, 5) is 3.64. The smallest absolute Gasteiger partial charge is 0.211 e. The molecule has 1 rings (SSSR count). The van der Waals surface area contributed by atoms with E-state index in [2.05, 4.69) is 4.99 Å². The maximum atomic E-state index is 13.0. The molecule has 16 heavy (non-hydrogen) atoms. The first-order chi connectivity index (χ1) is 7.61. The highest BCUT2D eigenvalue weighted by Crippen LogP contribution is 2.14. The van der Waals surface area contributed by atoms with Crippen molar-refractivity contribution in [3.8, 4) is 5.75 Å². The highest BCUT2D eigenvalue weighted by atomic mass is 19.1. The van der Waals surface area contributed by atoms with Crippen molar-refractivity contribution in [2.45, 2.75) is 20.3 Å². The van der Waals surface area contributed by atoms with Crippen LogP contribution in [0.15, 0.2) is 41.3 Å². The van der Waals surface area contributed by atoms with Crippen molar-refractivity contribution in [3.63, 3.8) is 0 Å². The van der Waals surface area contributed by atoms with Crippen LogP contribution >= 0.6 is 0 Å². The number of nitrogen functional groups attached to an aromatic ring is 1. The van der Waals surface area contributed by atoms with Gasteiger partial charge in [-0.05, 0) is 36.8 Å². The van der Waals surface area contributed by atoms with Gasteiger partial charge in [0.25, 0.3) is 0 Å². The van der Waals surface area contributed by atoms with Gasteiger partial charge in [0, 0.05) is 12.6 Å². The highest BCUT2D eigenvalue weighted by Gasteiger charge is 1.98. The molecule has 3 nitrogen and oxygen atoms in total. The highest BCUT2D eigenvalue weighted by molar-refractivity contribution is 5.76. The van der Waals surface area contributed by atoms with E-state index in [1.54, 1.807) is 31.2 Å². The molecule has 0 saturated carbocycles. The number of ether oxygens (including phenoxy) is 1. The second-order valence-corrected chi connectivity index (χ2v) is 3.24. The fourth-order valence-corrected chi connectivity index (χ4v) is 1.09. The van der Waals surface area contributed by atoms with Crippen LogP contribution in [0.25, 0.3) is 0 Å². The first-order valence-electron chi connectivity index (χ1n) is 5.06. The van der Waals surface area contributed by atoms with E-state index < -0.39 is 5.95 Å². The van der Waals surface area contributed by atoms with Crippen molar-refractivity contribution in [1.82, 2.24) is 0 Å². The molecule has 0 unspecified atom stereocenters. The molecular formula is C12H15FN2O. The Kier molecular flexibility index (Phi) is 4.51. The number of nitrogens with two attached hydrogens (primary N) is 1. The van der Waals surface area contributed by atoms with Crippen LogP contribution in [0.2, 0.25) is 0 Å². The van der Waals surface area contributed by atoms with Crippen LogP contribution in [0.5, 0.6) is 5.75 Å². The second-order valence-electron chi connectivity index (χ2n) is 3.24. The van der Waals surface area contributed by atoms with E-state index in [9.17, 15) is 4.39 Å². The van der Waals surface area contributed by atoms with Crippen molar-refractivity contribution in [3.05, 3.63) is 36.3 Å². The van der Waals surface area contributed by atoms with Gasteiger partial charge in [-0.3, -0.25) is 0 Å². The third kappa shape index (κ3) is 4.13. The van der Waals surface area contributed by atoms with Crippen LogP contribution in [-0.2, 0) is 0 Å². The number of nitrogens with zero attached hydrogens (tertiary/aromatic N) is 1. The number of hydrogen-bond donors (Lipinski definition) is 1. The van der Waals surface area contributed by atoms with Gasteiger partial charge in [0.15, 0.2) is 5.90 Å². The molecule has 0 heterocycles. The molecule has 0 saturated heterocycles. The SMILES string of the molecule is CC/C=C(F)\N=C(/C)Oc1ccc(N)cc1. The minimum atomic E-state index is -0.532. The van der Waals surface area contributed by atoms with E-state index in [0.29, 0.717) is 17.9 Å².